The standard InChI is InChI=1S/C15H19BrN4O/c1-11(21)18-7-3-6-17-10-15-19-9-14(20-15)12-4-2-5-13(16)8-12/h2,4-5,8-9,17H,3,6-7,10H2,1H3,(H,18,21)(H,19,20). The van der Waals surface area contributed by atoms with Crippen molar-refractivity contribution < 1.29 is 4.79 Å². The van der Waals surface area contributed by atoms with Gasteiger partial charge in [0.1, 0.15) is 5.82 Å². The number of aromatic nitrogens is 2. The maximum absolute atomic E-state index is 10.7. The van der Waals surface area contributed by atoms with Gasteiger partial charge in [-0.3, -0.25) is 4.79 Å². The van der Waals surface area contributed by atoms with Crippen molar-refractivity contribution in [1.29, 1.82) is 0 Å². The topological polar surface area (TPSA) is 69.8 Å². The van der Waals surface area contributed by atoms with E-state index in [2.05, 4.69) is 42.6 Å². The quantitative estimate of drug-likeness (QED) is 0.671. The SMILES string of the molecule is CC(=O)NCCCNCc1ncc(-c2cccc(Br)c2)[nH]1. The fourth-order valence-electron chi connectivity index (χ4n) is 1.94. The van der Waals surface area contributed by atoms with Crippen molar-refractivity contribution in [2.75, 3.05) is 13.1 Å². The van der Waals surface area contributed by atoms with Crippen molar-refractivity contribution in [1.82, 2.24) is 20.6 Å². The molecule has 0 bridgehead atoms. The van der Waals surface area contributed by atoms with Crippen LogP contribution in [0.3, 0.4) is 0 Å². The lowest BCUT2D eigenvalue weighted by atomic mass is 10.2. The third-order valence-corrected chi connectivity index (χ3v) is 3.45. The van der Waals surface area contributed by atoms with Gasteiger partial charge >= 0.3 is 0 Å². The normalized spacial score (nSPS) is 10.6. The zero-order chi connectivity index (χ0) is 15.1. The van der Waals surface area contributed by atoms with Gasteiger partial charge < -0.3 is 15.6 Å². The third kappa shape index (κ3) is 5.32. The number of nitrogens with one attached hydrogen (secondary N) is 3. The van der Waals surface area contributed by atoms with Crippen LogP contribution < -0.4 is 10.6 Å². The van der Waals surface area contributed by atoms with Crippen LogP contribution in [0.2, 0.25) is 0 Å². The van der Waals surface area contributed by atoms with Crippen LogP contribution in [-0.2, 0) is 11.3 Å². The summed E-state index contributed by atoms with van der Waals surface area (Å²) in [7, 11) is 0. The Balaban J connectivity index is 1.77. The van der Waals surface area contributed by atoms with E-state index in [1.807, 2.05) is 24.4 Å². The molecule has 6 heteroatoms. The molecule has 0 radical (unpaired) electrons. The Morgan fingerprint density at radius 1 is 1.38 bits per heavy atom. The zero-order valence-corrected chi connectivity index (χ0v) is 13.5. The summed E-state index contributed by atoms with van der Waals surface area (Å²) in [6, 6.07) is 8.10. The molecule has 2 rings (SSSR count). The largest absolute Gasteiger partial charge is 0.356 e. The number of halogens is 1. The van der Waals surface area contributed by atoms with Gasteiger partial charge in [0.25, 0.3) is 0 Å². The predicted octanol–water partition coefficient (Wildman–Crippen LogP) is 2.46. The van der Waals surface area contributed by atoms with Gasteiger partial charge in [0.2, 0.25) is 5.91 Å². The summed E-state index contributed by atoms with van der Waals surface area (Å²) in [5.41, 5.74) is 2.11. The molecule has 2 aromatic rings. The highest BCUT2D eigenvalue weighted by Gasteiger charge is 2.03. The Kier molecular flexibility index (Phi) is 5.95. The van der Waals surface area contributed by atoms with Crippen LogP contribution in [-0.4, -0.2) is 29.0 Å². The molecular weight excluding hydrogens is 332 g/mol. The molecule has 1 aromatic heterocycles. The predicted molar refractivity (Wildman–Crippen MR) is 86.7 cm³/mol. The van der Waals surface area contributed by atoms with Crippen molar-refractivity contribution in [3.8, 4) is 11.3 Å². The fourth-order valence-corrected chi connectivity index (χ4v) is 2.34. The number of hydrogen-bond acceptors (Lipinski definition) is 3. The van der Waals surface area contributed by atoms with Crippen LogP contribution in [0, 0.1) is 0 Å². The summed E-state index contributed by atoms with van der Waals surface area (Å²) in [5, 5.41) is 6.07. The van der Waals surface area contributed by atoms with Crippen LogP contribution in [0.15, 0.2) is 34.9 Å². The van der Waals surface area contributed by atoms with Gasteiger partial charge in [-0.25, -0.2) is 4.98 Å². The summed E-state index contributed by atoms with van der Waals surface area (Å²) in [5.74, 6) is 0.921. The van der Waals surface area contributed by atoms with Gasteiger partial charge in [0, 0.05) is 23.5 Å². The minimum absolute atomic E-state index is 0.0136. The molecule has 3 N–H and O–H groups in total. The first kappa shape index (κ1) is 15.7. The number of amides is 1. The lowest BCUT2D eigenvalue weighted by molar-refractivity contribution is -0.118. The average Bonchev–Trinajstić information content (AvgIpc) is 2.91. The second-order valence-corrected chi connectivity index (χ2v) is 5.68. The number of carbonyl (C=O) groups excluding carboxylic acids is 1. The molecule has 0 saturated carbocycles. The van der Waals surface area contributed by atoms with Gasteiger partial charge in [-0.05, 0) is 25.1 Å². The first-order valence-corrected chi connectivity index (χ1v) is 7.69. The smallest absolute Gasteiger partial charge is 0.216 e. The second-order valence-electron chi connectivity index (χ2n) is 4.77. The Morgan fingerprint density at radius 2 is 2.24 bits per heavy atom. The summed E-state index contributed by atoms with van der Waals surface area (Å²) >= 11 is 3.47. The monoisotopic (exact) mass is 350 g/mol. The average molecular weight is 351 g/mol. The highest BCUT2D eigenvalue weighted by molar-refractivity contribution is 9.10. The van der Waals surface area contributed by atoms with Gasteiger partial charge in [0.15, 0.2) is 0 Å². The van der Waals surface area contributed by atoms with E-state index in [1.54, 1.807) is 0 Å². The molecule has 112 valence electrons. The molecule has 0 atom stereocenters. The van der Waals surface area contributed by atoms with Gasteiger partial charge in [-0.2, -0.15) is 0 Å². The molecule has 0 unspecified atom stereocenters. The Bertz CT molecular complexity index is 597. The number of imidazole rings is 1. The minimum atomic E-state index is 0.0136. The van der Waals surface area contributed by atoms with Crippen molar-refractivity contribution in [3.05, 3.63) is 40.8 Å². The molecular formula is C15H19BrN4O. The van der Waals surface area contributed by atoms with Crippen LogP contribution in [0.1, 0.15) is 19.2 Å². The van der Waals surface area contributed by atoms with Crippen molar-refractivity contribution in [2.24, 2.45) is 0 Å². The molecule has 0 saturated heterocycles. The molecule has 0 spiro atoms. The number of H-pyrrole nitrogens is 1. The van der Waals surface area contributed by atoms with Crippen LogP contribution in [0.5, 0.6) is 0 Å². The summed E-state index contributed by atoms with van der Waals surface area (Å²) < 4.78 is 1.05. The van der Waals surface area contributed by atoms with E-state index in [0.717, 1.165) is 34.5 Å². The highest BCUT2D eigenvalue weighted by Crippen LogP contribution is 2.21. The molecule has 1 aromatic carbocycles. The Hall–Kier alpha value is -1.66. The number of nitrogens with zero attached hydrogens (tertiary/aromatic N) is 1. The number of rotatable bonds is 7. The molecule has 5 nitrogen and oxygen atoms in total. The van der Waals surface area contributed by atoms with Crippen LogP contribution in [0.4, 0.5) is 0 Å². The van der Waals surface area contributed by atoms with Crippen LogP contribution in [0.25, 0.3) is 11.3 Å². The summed E-state index contributed by atoms with van der Waals surface area (Å²) in [6.45, 7) is 3.75. The molecule has 1 heterocycles. The van der Waals surface area contributed by atoms with Gasteiger partial charge in [-0.15, -0.1) is 0 Å². The highest BCUT2D eigenvalue weighted by atomic mass is 79.9. The summed E-state index contributed by atoms with van der Waals surface area (Å²) in [6.07, 6.45) is 2.74. The number of aromatic amines is 1. The molecule has 0 aliphatic heterocycles. The third-order valence-electron chi connectivity index (χ3n) is 2.96. The zero-order valence-electron chi connectivity index (χ0n) is 11.9. The molecule has 0 aliphatic rings. The first-order chi connectivity index (χ1) is 10.1. The van der Waals surface area contributed by atoms with E-state index >= 15 is 0 Å². The maximum Gasteiger partial charge on any atom is 0.216 e. The lowest BCUT2D eigenvalue weighted by Gasteiger charge is -2.03. The number of carbonyl (C=O) groups is 1. The lowest BCUT2D eigenvalue weighted by Crippen LogP contribution is -2.25. The Labute approximate surface area is 132 Å². The van der Waals surface area contributed by atoms with E-state index in [4.69, 9.17) is 0 Å². The maximum atomic E-state index is 10.7. The molecule has 1 amide bonds. The van der Waals surface area contributed by atoms with E-state index in [-0.39, 0.29) is 5.91 Å². The van der Waals surface area contributed by atoms with Crippen molar-refractivity contribution >= 4 is 21.8 Å². The van der Waals surface area contributed by atoms with E-state index in [9.17, 15) is 4.79 Å². The molecule has 0 aliphatic carbocycles. The van der Waals surface area contributed by atoms with Gasteiger partial charge in [-0.1, -0.05) is 28.1 Å². The fraction of sp³-hybridized carbons (Fsp3) is 0.333. The number of hydrogen-bond donors (Lipinski definition) is 3. The first-order valence-electron chi connectivity index (χ1n) is 6.90. The minimum Gasteiger partial charge on any atom is -0.356 e. The number of benzene rings is 1. The van der Waals surface area contributed by atoms with E-state index in [0.29, 0.717) is 13.1 Å². The van der Waals surface area contributed by atoms with Crippen molar-refractivity contribution in [3.63, 3.8) is 0 Å². The molecule has 0 fully saturated rings. The van der Waals surface area contributed by atoms with Crippen LogP contribution >= 0.6 is 15.9 Å². The summed E-state index contributed by atoms with van der Waals surface area (Å²) in [4.78, 5) is 18.4. The van der Waals surface area contributed by atoms with E-state index < -0.39 is 0 Å². The second kappa shape index (κ2) is 7.95. The van der Waals surface area contributed by atoms with E-state index in [1.165, 1.54) is 6.92 Å². The van der Waals surface area contributed by atoms with Crippen molar-refractivity contribution in [2.45, 2.75) is 19.9 Å². The molecule has 21 heavy (non-hydrogen) atoms. The van der Waals surface area contributed by atoms with Gasteiger partial charge in [0.05, 0.1) is 18.4 Å². The Morgan fingerprint density at radius 3 is 3.00 bits per heavy atom.